The van der Waals surface area contributed by atoms with E-state index in [-0.39, 0.29) is 17.5 Å². The van der Waals surface area contributed by atoms with Crippen molar-refractivity contribution in [1.29, 1.82) is 0 Å². The molecule has 0 aliphatic carbocycles. The Bertz CT molecular complexity index is 831. The topological polar surface area (TPSA) is 81.5 Å². The second kappa shape index (κ2) is 7.99. The number of anilines is 1. The first-order chi connectivity index (χ1) is 12.2. The summed E-state index contributed by atoms with van der Waals surface area (Å²) < 4.78 is 5.89. The quantitative estimate of drug-likeness (QED) is 0.598. The zero-order valence-electron chi connectivity index (χ0n) is 15.7. The lowest BCUT2D eigenvalue weighted by Crippen LogP contribution is -2.30. The van der Waals surface area contributed by atoms with Crippen LogP contribution >= 0.6 is 0 Å². The number of aryl methyl sites for hydroxylation is 2. The van der Waals surface area contributed by atoms with Gasteiger partial charge in [0.15, 0.2) is 6.10 Å². The summed E-state index contributed by atoms with van der Waals surface area (Å²) in [5.74, 6) is 0.586. The fraction of sp³-hybridized carbons (Fsp3) is 0.350. The monoisotopic (exact) mass is 356 g/mol. The normalized spacial score (nSPS) is 11.9. The van der Waals surface area contributed by atoms with Crippen LogP contribution in [0.25, 0.3) is 0 Å². The Balaban J connectivity index is 2.18. The molecule has 0 fully saturated rings. The number of ether oxygens (including phenoxy) is 1. The van der Waals surface area contributed by atoms with Gasteiger partial charge in [-0.25, -0.2) is 0 Å². The van der Waals surface area contributed by atoms with Crippen LogP contribution in [0.2, 0.25) is 0 Å². The number of benzene rings is 2. The van der Waals surface area contributed by atoms with Crippen molar-refractivity contribution in [2.24, 2.45) is 0 Å². The van der Waals surface area contributed by atoms with Crippen LogP contribution in [0.15, 0.2) is 36.4 Å². The minimum absolute atomic E-state index is 0.0692. The first-order valence-corrected chi connectivity index (χ1v) is 8.52. The first-order valence-electron chi connectivity index (χ1n) is 8.52. The molecule has 0 aliphatic rings. The predicted octanol–water partition coefficient (Wildman–Crippen LogP) is 4.74. The number of nitro benzene ring substituents is 1. The van der Waals surface area contributed by atoms with E-state index in [0.717, 1.165) is 16.7 Å². The van der Waals surface area contributed by atoms with Crippen LogP contribution in [0.1, 0.15) is 43.4 Å². The number of nitrogens with zero attached hydrogens (tertiary/aromatic N) is 1. The molecule has 0 aromatic heterocycles. The summed E-state index contributed by atoms with van der Waals surface area (Å²) >= 11 is 0. The average molecular weight is 356 g/mol. The van der Waals surface area contributed by atoms with E-state index < -0.39 is 11.0 Å². The lowest BCUT2D eigenvalue weighted by Gasteiger charge is -2.19. The summed E-state index contributed by atoms with van der Waals surface area (Å²) in [4.78, 5) is 22.9. The molecule has 26 heavy (non-hydrogen) atoms. The number of amides is 1. The number of rotatable bonds is 6. The van der Waals surface area contributed by atoms with Gasteiger partial charge in [-0.1, -0.05) is 32.0 Å². The highest BCUT2D eigenvalue weighted by Crippen LogP contribution is 2.29. The molecule has 0 radical (unpaired) electrons. The average Bonchev–Trinajstić information content (AvgIpc) is 2.56. The molecule has 0 saturated heterocycles. The molecule has 0 aliphatic heterocycles. The van der Waals surface area contributed by atoms with Crippen molar-refractivity contribution in [3.05, 3.63) is 63.2 Å². The fourth-order valence-corrected chi connectivity index (χ4v) is 2.56. The molecule has 1 N–H and O–H groups in total. The molecule has 0 bridgehead atoms. The number of nitro groups is 1. The zero-order valence-corrected chi connectivity index (χ0v) is 15.7. The number of nitrogens with one attached hydrogen (secondary N) is 1. The maximum Gasteiger partial charge on any atom is 0.271 e. The van der Waals surface area contributed by atoms with E-state index in [1.165, 1.54) is 12.1 Å². The number of non-ortho nitro benzene ring substituents is 1. The van der Waals surface area contributed by atoms with Gasteiger partial charge in [0.05, 0.1) is 10.6 Å². The maximum atomic E-state index is 12.5. The number of carbonyl (C=O) groups excluding carboxylic acids is 1. The van der Waals surface area contributed by atoms with Crippen molar-refractivity contribution in [3.63, 3.8) is 0 Å². The van der Waals surface area contributed by atoms with Gasteiger partial charge in [0.2, 0.25) is 0 Å². The van der Waals surface area contributed by atoms with Gasteiger partial charge in [-0.3, -0.25) is 14.9 Å². The highest BCUT2D eigenvalue weighted by Gasteiger charge is 2.19. The van der Waals surface area contributed by atoms with Crippen LogP contribution in [0.4, 0.5) is 11.4 Å². The molecular formula is C20H24N2O4. The molecule has 0 spiro atoms. The number of carbonyl (C=O) groups is 1. The first kappa shape index (κ1) is 19.4. The molecule has 1 atom stereocenters. The van der Waals surface area contributed by atoms with Gasteiger partial charge in [-0.15, -0.1) is 0 Å². The van der Waals surface area contributed by atoms with Crippen molar-refractivity contribution in [2.75, 3.05) is 5.32 Å². The minimum atomic E-state index is -0.743. The van der Waals surface area contributed by atoms with Gasteiger partial charge >= 0.3 is 0 Å². The van der Waals surface area contributed by atoms with Crippen molar-refractivity contribution >= 4 is 17.3 Å². The summed E-state index contributed by atoms with van der Waals surface area (Å²) in [6.45, 7) is 9.54. The Morgan fingerprint density at radius 2 is 1.81 bits per heavy atom. The smallest absolute Gasteiger partial charge is 0.271 e. The van der Waals surface area contributed by atoms with Crippen molar-refractivity contribution < 1.29 is 14.5 Å². The highest BCUT2D eigenvalue weighted by molar-refractivity contribution is 5.95. The van der Waals surface area contributed by atoms with Crippen LogP contribution in [0.5, 0.6) is 5.75 Å². The molecule has 0 saturated carbocycles. The SMILES string of the molecule is Cc1ccc(C(C)C)c(OC(C)C(=O)Nc2cc([N+](=O)[O-])ccc2C)c1. The predicted molar refractivity (Wildman–Crippen MR) is 102 cm³/mol. The minimum Gasteiger partial charge on any atom is -0.481 e. The molecule has 2 rings (SSSR count). The lowest BCUT2D eigenvalue weighted by molar-refractivity contribution is -0.384. The molecular weight excluding hydrogens is 332 g/mol. The van der Waals surface area contributed by atoms with E-state index in [2.05, 4.69) is 19.2 Å². The largest absolute Gasteiger partial charge is 0.481 e. The Morgan fingerprint density at radius 1 is 1.12 bits per heavy atom. The van der Waals surface area contributed by atoms with E-state index in [4.69, 9.17) is 4.74 Å². The van der Waals surface area contributed by atoms with Gasteiger partial charge in [-0.2, -0.15) is 0 Å². The fourth-order valence-electron chi connectivity index (χ4n) is 2.56. The molecule has 6 nitrogen and oxygen atoms in total. The molecule has 1 amide bonds. The molecule has 138 valence electrons. The zero-order chi connectivity index (χ0) is 19.4. The Kier molecular flexibility index (Phi) is 5.97. The second-order valence-corrected chi connectivity index (χ2v) is 6.70. The third-order valence-corrected chi connectivity index (χ3v) is 4.15. The van der Waals surface area contributed by atoms with Gasteiger partial charge in [0.25, 0.3) is 11.6 Å². The standard InChI is InChI=1S/C20H24N2O4/c1-12(2)17-9-6-13(3)10-19(17)26-15(5)20(23)21-18-11-16(22(24)25)8-7-14(18)4/h6-12,15H,1-5H3,(H,21,23). The number of hydrogen-bond acceptors (Lipinski definition) is 4. The summed E-state index contributed by atoms with van der Waals surface area (Å²) in [6, 6.07) is 10.3. The van der Waals surface area contributed by atoms with Crippen LogP contribution in [-0.2, 0) is 4.79 Å². The Morgan fingerprint density at radius 3 is 2.42 bits per heavy atom. The van der Waals surface area contributed by atoms with Crippen LogP contribution in [0.3, 0.4) is 0 Å². The summed E-state index contributed by atoms with van der Waals surface area (Å²) in [6.07, 6.45) is -0.743. The van der Waals surface area contributed by atoms with Crippen LogP contribution in [0, 0.1) is 24.0 Å². The third-order valence-electron chi connectivity index (χ3n) is 4.15. The molecule has 0 heterocycles. The van der Waals surface area contributed by atoms with Crippen molar-refractivity contribution in [3.8, 4) is 5.75 Å². The van der Waals surface area contributed by atoms with Gasteiger partial charge < -0.3 is 10.1 Å². The molecule has 2 aromatic rings. The van der Waals surface area contributed by atoms with Crippen LogP contribution < -0.4 is 10.1 Å². The second-order valence-electron chi connectivity index (χ2n) is 6.70. The highest BCUT2D eigenvalue weighted by atomic mass is 16.6. The third kappa shape index (κ3) is 4.59. The van der Waals surface area contributed by atoms with Crippen molar-refractivity contribution in [1.82, 2.24) is 0 Å². The van der Waals surface area contributed by atoms with E-state index in [1.54, 1.807) is 19.9 Å². The van der Waals surface area contributed by atoms with E-state index in [9.17, 15) is 14.9 Å². The van der Waals surface area contributed by atoms with E-state index in [1.807, 2.05) is 25.1 Å². The summed E-state index contributed by atoms with van der Waals surface area (Å²) in [7, 11) is 0. The lowest BCUT2D eigenvalue weighted by atomic mass is 10.0. The van der Waals surface area contributed by atoms with Crippen molar-refractivity contribution in [2.45, 2.75) is 46.6 Å². The van der Waals surface area contributed by atoms with Gasteiger partial charge in [0, 0.05) is 12.1 Å². The van der Waals surface area contributed by atoms with Gasteiger partial charge in [0.1, 0.15) is 5.75 Å². The van der Waals surface area contributed by atoms with E-state index >= 15 is 0 Å². The number of hydrogen-bond donors (Lipinski definition) is 1. The molecule has 2 aromatic carbocycles. The summed E-state index contributed by atoms with van der Waals surface area (Å²) in [5.41, 5.74) is 3.16. The van der Waals surface area contributed by atoms with Gasteiger partial charge in [-0.05, 0) is 49.4 Å². The van der Waals surface area contributed by atoms with Crippen LogP contribution in [-0.4, -0.2) is 16.9 Å². The summed E-state index contributed by atoms with van der Waals surface area (Å²) in [5, 5.41) is 13.6. The molecule has 1 unspecified atom stereocenters. The van der Waals surface area contributed by atoms with E-state index in [0.29, 0.717) is 11.4 Å². The Labute approximate surface area is 153 Å². The maximum absolute atomic E-state index is 12.5. The molecule has 6 heteroatoms. The Hall–Kier alpha value is -2.89.